The van der Waals surface area contributed by atoms with Crippen molar-refractivity contribution in [2.75, 3.05) is 0 Å². The maximum absolute atomic E-state index is 16.5. The van der Waals surface area contributed by atoms with Crippen LogP contribution >= 0.6 is 0 Å². The topological polar surface area (TPSA) is 37.3 Å². The zero-order valence-corrected chi connectivity index (χ0v) is 15.3. The quantitative estimate of drug-likeness (QED) is 0.711. The summed E-state index contributed by atoms with van der Waals surface area (Å²) in [6.07, 6.45) is 8.54. The van der Waals surface area contributed by atoms with Crippen molar-refractivity contribution in [3.63, 3.8) is 0 Å². The number of rotatable bonds is 1. The largest absolute Gasteiger partial charge is 0.393 e. The van der Waals surface area contributed by atoms with Crippen molar-refractivity contribution in [2.24, 2.45) is 28.6 Å². The van der Waals surface area contributed by atoms with E-state index >= 15 is 4.39 Å². The van der Waals surface area contributed by atoms with E-state index in [1.165, 1.54) is 5.57 Å². The van der Waals surface area contributed by atoms with Crippen LogP contribution in [0.15, 0.2) is 11.6 Å². The zero-order valence-electron chi connectivity index (χ0n) is 15.3. The fourth-order valence-electron chi connectivity index (χ4n) is 7.21. The highest BCUT2D eigenvalue weighted by Gasteiger charge is 2.68. The molecule has 0 radical (unpaired) electrons. The Morgan fingerprint density at radius 1 is 1.17 bits per heavy atom. The van der Waals surface area contributed by atoms with Gasteiger partial charge in [-0.15, -0.1) is 0 Å². The first-order chi connectivity index (χ1) is 11.2. The fourth-order valence-corrected chi connectivity index (χ4v) is 7.21. The third-order valence-electron chi connectivity index (χ3n) is 8.68. The van der Waals surface area contributed by atoms with Gasteiger partial charge in [-0.25, -0.2) is 4.39 Å². The number of carbonyl (C=O) groups excluding carboxylic acids is 1. The summed E-state index contributed by atoms with van der Waals surface area (Å²) in [5.41, 5.74) is -0.254. The smallest absolute Gasteiger partial charge is 0.133 e. The normalized spacial score (nSPS) is 53.6. The minimum Gasteiger partial charge on any atom is -0.393 e. The maximum Gasteiger partial charge on any atom is 0.133 e. The highest BCUT2D eigenvalue weighted by Crippen LogP contribution is 2.69. The Morgan fingerprint density at radius 2 is 1.92 bits per heavy atom. The first-order valence-corrected chi connectivity index (χ1v) is 9.79. The minimum atomic E-state index is -1.20. The zero-order chi connectivity index (χ0) is 17.3. The summed E-state index contributed by atoms with van der Waals surface area (Å²) in [7, 11) is 0. The predicted molar refractivity (Wildman–Crippen MR) is 92.2 cm³/mol. The number of allylic oxidation sites excluding steroid dienone is 1. The van der Waals surface area contributed by atoms with Crippen LogP contribution in [0, 0.1) is 28.6 Å². The van der Waals surface area contributed by atoms with Crippen LogP contribution in [0.5, 0.6) is 0 Å². The number of hydrogen-bond acceptors (Lipinski definition) is 2. The van der Waals surface area contributed by atoms with Crippen molar-refractivity contribution < 1.29 is 14.3 Å². The lowest BCUT2D eigenvalue weighted by Crippen LogP contribution is -2.58. The van der Waals surface area contributed by atoms with E-state index in [-0.39, 0.29) is 29.1 Å². The molecule has 0 aromatic rings. The van der Waals surface area contributed by atoms with E-state index in [1.54, 1.807) is 6.92 Å². The Labute approximate surface area is 144 Å². The SMILES string of the molecule is CC(=O)C1CCC2(F)C3CC=C4CC(O)CCC4(C)C3CCC12C. The summed E-state index contributed by atoms with van der Waals surface area (Å²) >= 11 is 0. The molecule has 0 saturated heterocycles. The van der Waals surface area contributed by atoms with Crippen LogP contribution in [0.1, 0.15) is 72.1 Å². The lowest BCUT2D eigenvalue weighted by Gasteiger charge is -2.60. The first-order valence-electron chi connectivity index (χ1n) is 9.79. The van der Waals surface area contributed by atoms with Crippen LogP contribution < -0.4 is 0 Å². The van der Waals surface area contributed by atoms with Gasteiger partial charge in [0.1, 0.15) is 11.5 Å². The molecule has 3 fully saturated rings. The molecule has 0 aromatic carbocycles. The molecule has 7 unspecified atom stereocenters. The molecule has 2 nitrogen and oxygen atoms in total. The summed E-state index contributed by atoms with van der Waals surface area (Å²) in [6, 6.07) is 0. The number of Topliss-reactive ketones (excluding diaryl/α,β-unsaturated/α-hetero) is 1. The Bertz CT molecular complexity index is 599. The van der Waals surface area contributed by atoms with Gasteiger partial charge in [0.05, 0.1) is 6.10 Å². The molecule has 7 atom stereocenters. The van der Waals surface area contributed by atoms with E-state index in [4.69, 9.17) is 0 Å². The van der Waals surface area contributed by atoms with E-state index in [9.17, 15) is 9.90 Å². The van der Waals surface area contributed by atoms with Gasteiger partial charge in [0.15, 0.2) is 0 Å². The van der Waals surface area contributed by atoms with Crippen LogP contribution in [0.3, 0.4) is 0 Å². The van der Waals surface area contributed by atoms with Crippen molar-refractivity contribution in [1.29, 1.82) is 0 Å². The second kappa shape index (κ2) is 5.16. The van der Waals surface area contributed by atoms with Gasteiger partial charge in [0, 0.05) is 17.3 Å². The third-order valence-corrected chi connectivity index (χ3v) is 8.68. The summed E-state index contributed by atoms with van der Waals surface area (Å²) in [5.74, 6) is 0.489. The van der Waals surface area contributed by atoms with Crippen LogP contribution in [-0.4, -0.2) is 22.7 Å². The van der Waals surface area contributed by atoms with Crippen molar-refractivity contribution in [1.82, 2.24) is 0 Å². The Kier molecular flexibility index (Phi) is 3.60. The molecule has 0 heterocycles. The molecule has 3 heteroatoms. The molecule has 1 N–H and O–H groups in total. The van der Waals surface area contributed by atoms with Crippen LogP contribution in [0.25, 0.3) is 0 Å². The van der Waals surface area contributed by atoms with E-state index < -0.39 is 11.1 Å². The highest BCUT2D eigenvalue weighted by atomic mass is 19.1. The van der Waals surface area contributed by atoms with Gasteiger partial charge >= 0.3 is 0 Å². The molecule has 24 heavy (non-hydrogen) atoms. The average Bonchev–Trinajstić information content (AvgIpc) is 2.80. The van der Waals surface area contributed by atoms with Crippen molar-refractivity contribution in [3.8, 4) is 0 Å². The monoisotopic (exact) mass is 334 g/mol. The fraction of sp³-hybridized carbons (Fsp3) is 0.857. The van der Waals surface area contributed by atoms with Gasteiger partial charge in [-0.3, -0.25) is 4.79 Å². The van der Waals surface area contributed by atoms with Crippen LogP contribution in [0.4, 0.5) is 4.39 Å². The molecule has 4 rings (SSSR count). The Hall–Kier alpha value is -0.700. The van der Waals surface area contributed by atoms with Crippen molar-refractivity contribution in [2.45, 2.75) is 83.9 Å². The van der Waals surface area contributed by atoms with Gasteiger partial charge < -0.3 is 5.11 Å². The number of fused-ring (bicyclic) bond motifs is 5. The standard InChI is InChI=1S/C21H31FO2/c1-13(23)16-8-11-21(22)18-5-4-14-12-15(24)6-9-19(14,2)17(18)7-10-20(16,21)3/h4,15-18,24H,5-12H2,1-3H3. The number of aliphatic hydroxyl groups excluding tert-OH is 1. The number of alkyl halides is 1. The summed E-state index contributed by atoms with van der Waals surface area (Å²) in [6.45, 7) is 6.01. The summed E-state index contributed by atoms with van der Waals surface area (Å²) < 4.78 is 16.5. The molecule has 4 aliphatic carbocycles. The second-order valence-corrected chi connectivity index (χ2v) is 9.51. The number of halogens is 1. The number of aliphatic hydroxyl groups is 1. The third kappa shape index (κ3) is 1.94. The van der Waals surface area contributed by atoms with E-state index in [0.717, 1.165) is 44.9 Å². The van der Waals surface area contributed by atoms with E-state index in [0.29, 0.717) is 12.3 Å². The van der Waals surface area contributed by atoms with E-state index in [2.05, 4.69) is 19.9 Å². The van der Waals surface area contributed by atoms with E-state index in [1.807, 2.05) is 0 Å². The molecule has 134 valence electrons. The summed E-state index contributed by atoms with van der Waals surface area (Å²) in [4.78, 5) is 12.1. The maximum atomic E-state index is 16.5. The van der Waals surface area contributed by atoms with Gasteiger partial charge in [0.2, 0.25) is 0 Å². The first kappa shape index (κ1) is 16.8. The predicted octanol–water partition coefficient (Wildman–Crippen LogP) is 4.61. The second-order valence-electron chi connectivity index (χ2n) is 9.51. The van der Waals surface area contributed by atoms with Crippen molar-refractivity contribution in [3.05, 3.63) is 11.6 Å². The molecular formula is C21H31FO2. The Balaban J connectivity index is 1.72. The molecule has 3 saturated carbocycles. The lowest BCUT2D eigenvalue weighted by molar-refractivity contribution is -0.146. The lowest BCUT2D eigenvalue weighted by atomic mass is 9.46. The molecular weight excluding hydrogens is 303 g/mol. The number of ketones is 1. The molecule has 4 aliphatic rings. The van der Waals surface area contributed by atoms with Gasteiger partial charge in [0.25, 0.3) is 0 Å². The molecule has 0 aromatic heterocycles. The average molecular weight is 334 g/mol. The van der Waals surface area contributed by atoms with Crippen LogP contribution in [-0.2, 0) is 4.79 Å². The van der Waals surface area contributed by atoms with Gasteiger partial charge in [-0.1, -0.05) is 25.5 Å². The molecule has 0 aliphatic heterocycles. The number of hydrogen-bond donors (Lipinski definition) is 1. The summed E-state index contributed by atoms with van der Waals surface area (Å²) in [5, 5.41) is 10.0. The molecule has 0 bridgehead atoms. The molecule has 0 amide bonds. The van der Waals surface area contributed by atoms with Gasteiger partial charge in [-0.05, 0) is 69.6 Å². The van der Waals surface area contributed by atoms with Gasteiger partial charge in [-0.2, -0.15) is 0 Å². The Morgan fingerprint density at radius 3 is 2.62 bits per heavy atom. The van der Waals surface area contributed by atoms with Crippen molar-refractivity contribution >= 4 is 5.78 Å². The molecule has 0 spiro atoms. The highest BCUT2D eigenvalue weighted by molar-refractivity contribution is 5.80. The minimum absolute atomic E-state index is 0.0459. The number of carbonyl (C=O) groups is 1. The van der Waals surface area contributed by atoms with Crippen LogP contribution in [0.2, 0.25) is 0 Å².